The highest BCUT2D eigenvalue weighted by Crippen LogP contribution is 2.56. The van der Waals surface area contributed by atoms with E-state index >= 15 is 0 Å². The van der Waals surface area contributed by atoms with Gasteiger partial charge in [-0.3, -0.25) is 4.79 Å². The summed E-state index contributed by atoms with van der Waals surface area (Å²) in [6.07, 6.45) is 10.2. The van der Waals surface area contributed by atoms with E-state index in [1.54, 1.807) is 0 Å². The minimum Gasteiger partial charge on any atom is -0.411 e. The molecule has 0 saturated heterocycles. The minimum atomic E-state index is -1.80. The number of rotatable bonds is 6. The summed E-state index contributed by atoms with van der Waals surface area (Å²) >= 11 is 0. The molecular formula is C25H46O2Si. The lowest BCUT2D eigenvalue weighted by Gasteiger charge is -2.45. The molecule has 2 aliphatic carbocycles. The summed E-state index contributed by atoms with van der Waals surface area (Å²) in [5.41, 5.74) is 0.0532. The van der Waals surface area contributed by atoms with Gasteiger partial charge >= 0.3 is 0 Å². The van der Waals surface area contributed by atoms with Crippen molar-refractivity contribution in [1.82, 2.24) is 0 Å². The smallest absolute Gasteiger partial charge is 0.192 e. The number of hydrogen-bond donors (Lipinski definition) is 0. The van der Waals surface area contributed by atoms with E-state index in [0.717, 1.165) is 19.3 Å². The summed E-state index contributed by atoms with van der Waals surface area (Å²) < 4.78 is 6.77. The molecule has 0 aromatic rings. The van der Waals surface area contributed by atoms with Crippen LogP contribution >= 0.6 is 0 Å². The Balaban J connectivity index is 2.07. The molecule has 28 heavy (non-hydrogen) atoms. The number of ketones is 1. The lowest BCUT2D eigenvalue weighted by Crippen LogP contribution is -2.49. The van der Waals surface area contributed by atoms with E-state index in [9.17, 15) is 4.79 Å². The maximum absolute atomic E-state index is 12.4. The van der Waals surface area contributed by atoms with Crippen molar-refractivity contribution in [3.05, 3.63) is 12.2 Å². The van der Waals surface area contributed by atoms with Crippen molar-refractivity contribution in [3.63, 3.8) is 0 Å². The third kappa shape index (κ3) is 4.66. The van der Waals surface area contributed by atoms with E-state index in [-0.39, 0.29) is 16.1 Å². The second kappa shape index (κ2) is 8.02. The quantitative estimate of drug-likeness (QED) is 0.339. The summed E-state index contributed by atoms with van der Waals surface area (Å²) in [6, 6.07) is 0. The summed E-state index contributed by atoms with van der Waals surface area (Å²) in [5, 5.41) is 0.224. The Kier molecular flexibility index (Phi) is 6.83. The maximum atomic E-state index is 12.4. The van der Waals surface area contributed by atoms with Gasteiger partial charge in [0.1, 0.15) is 5.78 Å². The van der Waals surface area contributed by atoms with Gasteiger partial charge in [-0.1, -0.05) is 53.7 Å². The van der Waals surface area contributed by atoms with Gasteiger partial charge in [0.05, 0.1) is 5.60 Å². The zero-order valence-corrected chi connectivity index (χ0v) is 21.3. The molecular weight excluding hydrogens is 360 g/mol. The van der Waals surface area contributed by atoms with Gasteiger partial charge in [0.15, 0.2) is 8.32 Å². The van der Waals surface area contributed by atoms with E-state index in [1.807, 2.05) is 0 Å². The molecule has 2 aliphatic rings. The molecule has 0 aromatic heterocycles. The van der Waals surface area contributed by atoms with Crippen LogP contribution in [0.1, 0.15) is 87.5 Å². The average molecular weight is 407 g/mol. The molecule has 0 aliphatic heterocycles. The van der Waals surface area contributed by atoms with Gasteiger partial charge in [0.25, 0.3) is 0 Å². The number of carbonyl (C=O) groups is 1. The highest BCUT2D eigenvalue weighted by Gasteiger charge is 2.52. The van der Waals surface area contributed by atoms with Crippen LogP contribution in [-0.4, -0.2) is 19.7 Å². The molecule has 0 spiro atoms. The molecule has 0 bridgehead atoms. The Hall–Kier alpha value is -0.413. The van der Waals surface area contributed by atoms with Gasteiger partial charge in [-0.15, -0.1) is 0 Å². The number of allylic oxidation sites excluding steroid dienone is 1. The molecule has 2 saturated carbocycles. The molecule has 0 heterocycles. The predicted molar refractivity (Wildman–Crippen MR) is 123 cm³/mol. The zero-order chi connectivity index (χ0) is 21.5. The van der Waals surface area contributed by atoms with Gasteiger partial charge in [0, 0.05) is 18.3 Å². The summed E-state index contributed by atoms with van der Waals surface area (Å²) in [7, 11) is -1.80. The maximum Gasteiger partial charge on any atom is 0.192 e. The molecule has 162 valence electrons. The Morgan fingerprint density at radius 2 is 1.71 bits per heavy atom. The van der Waals surface area contributed by atoms with Crippen molar-refractivity contribution in [2.75, 3.05) is 0 Å². The lowest BCUT2D eigenvalue weighted by atomic mass is 9.62. The highest BCUT2D eigenvalue weighted by atomic mass is 28.4. The van der Waals surface area contributed by atoms with Crippen LogP contribution in [-0.2, 0) is 9.22 Å². The Bertz CT molecular complexity index is 598. The van der Waals surface area contributed by atoms with Gasteiger partial charge in [-0.2, -0.15) is 0 Å². The van der Waals surface area contributed by atoms with Gasteiger partial charge in [-0.25, -0.2) is 0 Å². The molecule has 0 N–H and O–H groups in total. The molecule has 0 aromatic carbocycles. The Morgan fingerprint density at radius 3 is 2.29 bits per heavy atom. The van der Waals surface area contributed by atoms with Gasteiger partial charge in [0.2, 0.25) is 0 Å². The van der Waals surface area contributed by atoms with Crippen molar-refractivity contribution in [2.45, 2.75) is 111 Å². The molecule has 0 radical (unpaired) electrons. The van der Waals surface area contributed by atoms with E-state index in [2.05, 4.69) is 80.6 Å². The first kappa shape index (κ1) is 23.9. The first-order chi connectivity index (χ1) is 12.6. The Morgan fingerprint density at radius 1 is 1.11 bits per heavy atom. The SMILES string of the molecule is C[C@H](/C=C/[C@H](C)C(C)(C)O[Si](C)(C)C(C)(C)C)[C@H]1CCC2C(=O)CCC[C@@]21C. The third-order valence-electron chi connectivity index (χ3n) is 8.70. The fourth-order valence-electron chi connectivity index (χ4n) is 5.45. The highest BCUT2D eigenvalue weighted by molar-refractivity contribution is 6.74. The van der Waals surface area contributed by atoms with Crippen LogP contribution in [0.5, 0.6) is 0 Å². The van der Waals surface area contributed by atoms with Crippen LogP contribution in [0.25, 0.3) is 0 Å². The Labute approximate surface area is 176 Å². The zero-order valence-electron chi connectivity index (χ0n) is 20.3. The van der Waals surface area contributed by atoms with E-state index in [1.165, 1.54) is 12.8 Å². The predicted octanol–water partition coefficient (Wildman–Crippen LogP) is 7.40. The van der Waals surface area contributed by atoms with Crippen LogP contribution < -0.4 is 0 Å². The van der Waals surface area contributed by atoms with Crippen molar-refractivity contribution in [2.24, 2.45) is 29.1 Å². The van der Waals surface area contributed by atoms with Crippen LogP contribution in [0, 0.1) is 29.1 Å². The van der Waals surface area contributed by atoms with E-state index in [4.69, 9.17) is 4.43 Å². The third-order valence-corrected chi connectivity index (χ3v) is 13.3. The van der Waals surface area contributed by atoms with Crippen molar-refractivity contribution in [1.29, 1.82) is 0 Å². The first-order valence-electron chi connectivity index (χ1n) is 11.5. The number of Topliss-reactive ketones (excluding diaryl/α,β-unsaturated/α-hetero) is 1. The normalized spacial score (nSPS) is 31.9. The summed E-state index contributed by atoms with van der Waals surface area (Å²) in [6.45, 7) is 23.1. The topological polar surface area (TPSA) is 26.3 Å². The van der Waals surface area contributed by atoms with Crippen LogP contribution in [0.3, 0.4) is 0 Å². The van der Waals surface area contributed by atoms with E-state index in [0.29, 0.717) is 29.5 Å². The fourth-order valence-corrected chi connectivity index (χ4v) is 7.25. The fraction of sp³-hybridized carbons (Fsp3) is 0.880. The van der Waals surface area contributed by atoms with Crippen molar-refractivity contribution in [3.8, 4) is 0 Å². The molecule has 2 fully saturated rings. The number of fused-ring (bicyclic) bond motifs is 1. The van der Waals surface area contributed by atoms with Crippen molar-refractivity contribution < 1.29 is 9.22 Å². The average Bonchev–Trinajstić information content (AvgIpc) is 2.88. The molecule has 2 rings (SSSR count). The molecule has 2 nitrogen and oxygen atoms in total. The standard InChI is InChI=1S/C25H46O2Si/c1-18(20-15-16-21-22(26)12-11-17-25(20,21)8)13-14-19(2)24(6,7)27-28(9,10)23(3,4)5/h13-14,18-21H,11-12,15-17H2,1-10H3/b14-13+/t18-,19+,20-,21?,25-/m1/s1. The molecule has 5 atom stereocenters. The second-order valence-corrected chi connectivity index (χ2v) is 16.8. The molecule has 1 unspecified atom stereocenters. The number of hydrogen-bond acceptors (Lipinski definition) is 2. The lowest BCUT2D eigenvalue weighted by molar-refractivity contribution is -0.129. The first-order valence-corrected chi connectivity index (χ1v) is 14.4. The number of carbonyl (C=O) groups excluding carboxylic acids is 1. The largest absolute Gasteiger partial charge is 0.411 e. The summed E-state index contributed by atoms with van der Waals surface area (Å²) in [4.78, 5) is 12.4. The van der Waals surface area contributed by atoms with Crippen molar-refractivity contribution >= 4 is 14.1 Å². The van der Waals surface area contributed by atoms with Gasteiger partial charge < -0.3 is 4.43 Å². The molecule has 0 amide bonds. The van der Waals surface area contributed by atoms with E-state index < -0.39 is 8.32 Å². The van der Waals surface area contributed by atoms with Gasteiger partial charge in [-0.05, 0) is 74.9 Å². The monoisotopic (exact) mass is 406 g/mol. The minimum absolute atomic E-state index is 0.165. The molecule has 3 heteroatoms. The van der Waals surface area contributed by atoms with Crippen LogP contribution in [0.2, 0.25) is 18.1 Å². The van der Waals surface area contributed by atoms with Crippen LogP contribution in [0.4, 0.5) is 0 Å². The second-order valence-electron chi connectivity index (χ2n) is 12.1. The summed E-state index contributed by atoms with van der Waals surface area (Å²) in [5.74, 6) is 2.37. The van der Waals surface area contributed by atoms with Crippen LogP contribution in [0.15, 0.2) is 12.2 Å².